The van der Waals surface area contributed by atoms with Gasteiger partial charge in [0.05, 0.1) is 12.1 Å². The second-order valence-electron chi connectivity index (χ2n) is 4.62. The second kappa shape index (κ2) is 5.95. The predicted molar refractivity (Wildman–Crippen MR) is 73.5 cm³/mol. The van der Waals surface area contributed by atoms with E-state index in [0.29, 0.717) is 13.0 Å². The fourth-order valence-corrected chi connectivity index (χ4v) is 3.66. The smallest absolute Gasteiger partial charge is 0.243 e. The largest absolute Gasteiger partial charge is 0.377 e. The maximum Gasteiger partial charge on any atom is 0.243 e. The lowest BCUT2D eigenvalue weighted by Gasteiger charge is -2.42. The lowest BCUT2D eigenvalue weighted by atomic mass is 9.84. The summed E-state index contributed by atoms with van der Waals surface area (Å²) >= 11 is 5.60. The third kappa shape index (κ3) is 3.12. The van der Waals surface area contributed by atoms with Gasteiger partial charge in [0.15, 0.2) is 0 Å². The number of sulfonamides is 1. The molecule has 0 bridgehead atoms. The first-order chi connectivity index (χ1) is 9.35. The zero-order valence-corrected chi connectivity index (χ0v) is 12.4. The summed E-state index contributed by atoms with van der Waals surface area (Å²) in [6.07, 6.45) is 0.296. The van der Waals surface area contributed by atoms with Gasteiger partial charge in [-0.15, -0.1) is 0 Å². The second-order valence-corrected chi connectivity index (χ2v) is 6.73. The van der Waals surface area contributed by atoms with Crippen LogP contribution in [0, 0.1) is 5.82 Å². The average Bonchev–Trinajstić information content (AvgIpc) is 2.35. The van der Waals surface area contributed by atoms with Crippen LogP contribution in [0.1, 0.15) is 13.3 Å². The molecule has 1 aliphatic rings. The van der Waals surface area contributed by atoms with Gasteiger partial charge in [-0.25, -0.2) is 17.5 Å². The highest BCUT2D eigenvalue weighted by Gasteiger charge is 2.42. The van der Waals surface area contributed by atoms with Crippen LogP contribution >= 0.6 is 11.6 Å². The van der Waals surface area contributed by atoms with Crippen LogP contribution < -0.4 is 10.5 Å². The molecule has 1 aromatic rings. The van der Waals surface area contributed by atoms with Crippen molar-refractivity contribution in [2.45, 2.75) is 36.4 Å². The molecule has 20 heavy (non-hydrogen) atoms. The summed E-state index contributed by atoms with van der Waals surface area (Å²) in [5, 5.41) is 0.133. The van der Waals surface area contributed by atoms with E-state index in [-0.39, 0.29) is 17.2 Å². The Kier molecular flexibility index (Phi) is 4.66. The lowest BCUT2D eigenvalue weighted by molar-refractivity contribution is -0.0248. The third-order valence-electron chi connectivity index (χ3n) is 3.22. The van der Waals surface area contributed by atoms with E-state index < -0.39 is 26.8 Å². The Labute approximate surface area is 122 Å². The summed E-state index contributed by atoms with van der Waals surface area (Å²) in [5.41, 5.74) is 5.77. The van der Waals surface area contributed by atoms with Gasteiger partial charge in [-0.1, -0.05) is 11.6 Å². The Morgan fingerprint density at radius 3 is 2.80 bits per heavy atom. The molecule has 8 heteroatoms. The van der Waals surface area contributed by atoms with Crippen molar-refractivity contribution in [3.8, 4) is 0 Å². The van der Waals surface area contributed by atoms with Gasteiger partial charge in [0.2, 0.25) is 10.0 Å². The van der Waals surface area contributed by atoms with Crippen LogP contribution in [0.25, 0.3) is 0 Å². The van der Waals surface area contributed by atoms with Crippen molar-refractivity contribution in [1.29, 1.82) is 0 Å². The number of nitrogens with two attached hydrogens (primary N) is 1. The highest BCUT2D eigenvalue weighted by Crippen LogP contribution is 2.26. The Morgan fingerprint density at radius 1 is 1.55 bits per heavy atom. The number of ether oxygens (including phenoxy) is 1. The van der Waals surface area contributed by atoms with E-state index in [1.165, 1.54) is 6.07 Å². The molecule has 1 aliphatic carbocycles. The summed E-state index contributed by atoms with van der Waals surface area (Å²) < 4.78 is 45.8. The molecular formula is C12H16ClFN2O3S. The molecule has 2 rings (SSSR count). The molecule has 1 saturated carbocycles. The molecule has 5 nitrogen and oxygen atoms in total. The van der Waals surface area contributed by atoms with Crippen LogP contribution in [-0.2, 0) is 14.8 Å². The molecule has 0 aliphatic heterocycles. The molecule has 1 fully saturated rings. The van der Waals surface area contributed by atoms with Gasteiger partial charge in [-0.2, -0.15) is 0 Å². The fraction of sp³-hybridized carbons (Fsp3) is 0.500. The standard InChI is InChI=1S/C12H16ClFN2O3S/c1-2-19-10-6-9(15)12(10)16-20(17,18)11-4-3-7(13)5-8(11)14/h3-5,9-10,12,16H,2,6,15H2,1H3. The average molecular weight is 323 g/mol. The van der Waals surface area contributed by atoms with Gasteiger partial charge in [-0.05, 0) is 31.5 Å². The lowest BCUT2D eigenvalue weighted by Crippen LogP contribution is -2.64. The van der Waals surface area contributed by atoms with Crippen molar-refractivity contribution in [2.75, 3.05) is 6.61 Å². The maximum atomic E-state index is 13.7. The van der Waals surface area contributed by atoms with E-state index >= 15 is 0 Å². The fourth-order valence-electron chi connectivity index (χ4n) is 2.13. The van der Waals surface area contributed by atoms with Crippen molar-refractivity contribution in [1.82, 2.24) is 4.72 Å². The van der Waals surface area contributed by atoms with Gasteiger partial charge < -0.3 is 10.5 Å². The van der Waals surface area contributed by atoms with Crippen LogP contribution in [0.4, 0.5) is 4.39 Å². The third-order valence-corrected chi connectivity index (χ3v) is 4.95. The molecule has 3 atom stereocenters. The van der Waals surface area contributed by atoms with E-state index in [9.17, 15) is 12.8 Å². The molecule has 0 radical (unpaired) electrons. The summed E-state index contributed by atoms with van der Waals surface area (Å²) in [6, 6.07) is 2.52. The van der Waals surface area contributed by atoms with Gasteiger partial charge in [0.1, 0.15) is 10.7 Å². The number of halogens is 2. The molecule has 0 heterocycles. The monoisotopic (exact) mass is 322 g/mol. The Balaban J connectivity index is 2.18. The first-order valence-corrected chi connectivity index (χ1v) is 8.06. The highest BCUT2D eigenvalue weighted by molar-refractivity contribution is 7.89. The van der Waals surface area contributed by atoms with Gasteiger partial charge >= 0.3 is 0 Å². The number of nitrogens with one attached hydrogen (secondary N) is 1. The van der Waals surface area contributed by atoms with Crippen LogP contribution in [0.15, 0.2) is 23.1 Å². The molecule has 0 spiro atoms. The summed E-state index contributed by atoms with van der Waals surface area (Å²) in [4.78, 5) is -0.448. The summed E-state index contributed by atoms with van der Waals surface area (Å²) in [7, 11) is -4.00. The van der Waals surface area contributed by atoms with Crippen molar-refractivity contribution >= 4 is 21.6 Å². The first kappa shape index (κ1) is 15.7. The van der Waals surface area contributed by atoms with E-state index in [1.54, 1.807) is 0 Å². The molecule has 3 unspecified atom stereocenters. The summed E-state index contributed by atoms with van der Waals surface area (Å²) in [6.45, 7) is 2.28. The minimum absolute atomic E-state index is 0.133. The number of rotatable bonds is 5. The Morgan fingerprint density at radius 2 is 2.25 bits per heavy atom. The van der Waals surface area contributed by atoms with Gasteiger partial charge in [0.25, 0.3) is 0 Å². The van der Waals surface area contributed by atoms with Crippen LogP contribution in [0.3, 0.4) is 0 Å². The van der Waals surface area contributed by atoms with Crippen molar-refractivity contribution in [3.63, 3.8) is 0 Å². The topological polar surface area (TPSA) is 81.4 Å². The van der Waals surface area contributed by atoms with E-state index in [1.807, 2.05) is 6.92 Å². The van der Waals surface area contributed by atoms with Crippen LogP contribution in [0.5, 0.6) is 0 Å². The minimum atomic E-state index is -4.00. The molecule has 112 valence electrons. The quantitative estimate of drug-likeness (QED) is 0.855. The van der Waals surface area contributed by atoms with E-state index in [0.717, 1.165) is 12.1 Å². The van der Waals surface area contributed by atoms with Crippen molar-refractivity contribution in [3.05, 3.63) is 29.0 Å². The molecule has 0 amide bonds. The maximum absolute atomic E-state index is 13.7. The van der Waals surface area contributed by atoms with Gasteiger partial charge in [0, 0.05) is 17.7 Å². The highest BCUT2D eigenvalue weighted by atomic mass is 35.5. The van der Waals surface area contributed by atoms with E-state index in [4.69, 9.17) is 22.1 Å². The predicted octanol–water partition coefficient (Wildman–Crippen LogP) is 1.26. The van der Waals surface area contributed by atoms with Crippen LogP contribution in [-0.4, -0.2) is 33.2 Å². The Hall–Kier alpha value is -0.730. The van der Waals surface area contributed by atoms with E-state index in [2.05, 4.69) is 4.72 Å². The van der Waals surface area contributed by atoms with Crippen molar-refractivity contribution in [2.24, 2.45) is 5.73 Å². The summed E-state index contributed by atoms with van der Waals surface area (Å²) in [5.74, 6) is -0.897. The molecule has 1 aromatic carbocycles. The zero-order chi connectivity index (χ0) is 14.9. The molecule has 3 N–H and O–H groups in total. The SMILES string of the molecule is CCOC1CC(N)C1NS(=O)(=O)c1ccc(Cl)cc1F. The molecule has 0 saturated heterocycles. The first-order valence-electron chi connectivity index (χ1n) is 6.19. The zero-order valence-electron chi connectivity index (χ0n) is 10.8. The Bertz CT molecular complexity index is 594. The molecule has 0 aromatic heterocycles. The molecular weight excluding hydrogens is 307 g/mol. The van der Waals surface area contributed by atoms with Crippen molar-refractivity contribution < 1.29 is 17.5 Å². The number of benzene rings is 1. The normalized spacial score (nSPS) is 26.3. The van der Waals surface area contributed by atoms with Gasteiger partial charge in [-0.3, -0.25) is 0 Å². The number of hydrogen-bond donors (Lipinski definition) is 2. The minimum Gasteiger partial charge on any atom is -0.377 e. The van der Waals surface area contributed by atoms with Crippen LogP contribution in [0.2, 0.25) is 5.02 Å². The number of hydrogen-bond acceptors (Lipinski definition) is 4.